The van der Waals surface area contributed by atoms with Crippen LogP contribution in [0.5, 0.6) is 0 Å². The molecule has 2 aliphatic rings. The van der Waals surface area contributed by atoms with Crippen molar-refractivity contribution < 1.29 is 22.3 Å². The van der Waals surface area contributed by atoms with Crippen LogP contribution < -0.4 is 4.90 Å². The van der Waals surface area contributed by atoms with Gasteiger partial charge in [0.2, 0.25) is 10.0 Å². The van der Waals surface area contributed by atoms with E-state index in [1.165, 1.54) is 22.5 Å². The van der Waals surface area contributed by atoms with E-state index < -0.39 is 26.8 Å². The van der Waals surface area contributed by atoms with Gasteiger partial charge >= 0.3 is 6.09 Å². The number of piperidine rings is 1. The lowest BCUT2D eigenvalue weighted by molar-refractivity contribution is 0.135. The molecule has 4 rings (SSSR count). The van der Waals surface area contributed by atoms with Crippen molar-refractivity contribution in [1.29, 1.82) is 0 Å². The topological polar surface area (TPSA) is 66.9 Å². The second-order valence-electron chi connectivity index (χ2n) is 7.19. The third-order valence-corrected chi connectivity index (χ3v) is 7.64. The van der Waals surface area contributed by atoms with E-state index in [-0.39, 0.29) is 30.8 Å². The Labute approximate surface area is 173 Å². The number of amides is 1. The number of cyclic esters (lactones) is 1. The van der Waals surface area contributed by atoms with Crippen LogP contribution in [0.2, 0.25) is 5.02 Å². The van der Waals surface area contributed by atoms with Gasteiger partial charge in [-0.1, -0.05) is 35.9 Å². The summed E-state index contributed by atoms with van der Waals surface area (Å²) in [6.07, 6.45) is 0.420. The van der Waals surface area contributed by atoms with Gasteiger partial charge in [0, 0.05) is 24.7 Å². The summed E-state index contributed by atoms with van der Waals surface area (Å²) in [6, 6.07) is 9.51. The molecule has 0 radical (unpaired) electrons. The highest BCUT2D eigenvalue weighted by Gasteiger charge is 2.38. The van der Waals surface area contributed by atoms with Crippen LogP contribution in [0, 0.1) is 12.7 Å². The third-order valence-electron chi connectivity index (χ3n) is 5.43. The largest absolute Gasteiger partial charge is 0.444 e. The van der Waals surface area contributed by atoms with Gasteiger partial charge in [-0.25, -0.2) is 17.6 Å². The molecule has 29 heavy (non-hydrogen) atoms. The maximum atomic E-state index is 14.3. The molecule has 0 aromatic heterocycles. The lowest BCUT2D eigenvalue weighted by Crippen LogP contribution is -2.50. The van der Waals surface area contributed by atoms with Crippen molar-refractivity contribution in [2.24, 2.45) is 0 Å². The van der Waals surface area contributed by atoms with E-state index in [9.17, 15) is 17.6 Å². The highest BCUT2D eigenvalue weighted by atomic mass is 35.5. The van der Waals surface area contributed by atoms with Gasteiger partial charge in [-0.15, -0.1) is 0 Å². The summed E-state index contributed by atoms with van der Waals surface area (Å²) < 4.78 is 46.6. The van der Waals surface area contributed by atoms with Gasteiger partial charge in [0.15, 0.2) is 5.82 Å². The van der Waals surface area contributed by atoms with Gasteiger partial charge in [-0.2, -0.15) is 4.31 Å². The highest BCUT2D eigenvalue weighted by molar-refractivity contribution is 7.89. The van der Waals surface area contributed by atoms with Gasteiger partial charge < -0.3 is 4.74 Å². The van der Waals surface area contributed by atoms with Crippen LogP contribution in [0.15, 0.2) is 41.3 Å². The van der Waals surface area contributed by atoms with Gasteiger partial charge in [0.25, 0.3) is 0 Å². The molecule has 2 aliphatic heterocycles. The summed E-state index contributed by atoms with van der Waals surface area (Å²) in [7, 11) is -4.01. The van der Waals surface area contributed by atoms with Crippen LogP contribution in [-0.2, 0) is 21.4 Å². The molecule has 1 fully saturated rings. The first-order valence-corrected chi connectivity index (χ1v) is 11.1. The third kappa shape index (κ3) is 3.49. The molecular weight excluding hydrogens is 419 g/mol. The minimum absolute atomic E-state index is 0.171. The Kier molecular flexibility index (Phi) is 5.27. The van der Waals surface area contributed by atoms with E-state index >= 15 is 0 Å². The smallest absolute Gasteiger partial charge is 0.414 e. The van der Waals surface area contributed by atoms with Crippen molar-refractivity contribution in [2.75, 3.05) is 18.0 Å². The number of halogens is 2. The number of aryl methyl sites for hydroxylation is 1. The normalized spacial score (nSPS) is 18.4. The highest BCUT2D eigenvalue weighted by Crippen LogP contribution is 2.35. The monoisotopic (exact) mass is 438 g/mol. The van der Waals surface area contributed by atoms with Crippen LogP contribution in [0.3, 0.4) is 0 Å². The number of hydrogen-bond acceptors (Lipinski definition) is 4. The molecule has 1 amide bonds. The van der Waals surface area contributed by atoms with Gasteiger partial charge in [-0.3, -0.25) is 4.90 Å². The molecule has 6 nitrogen and oxygen atoms in total. The average Bonchev–Trinajstić information content (AvgIpc) is 2.70. The second kappa shape index (κ2) is 7.59. The Balaban J connectivity index is 1.56. The molecule has 2 heterocycles. The summed E-state index contributed by atoms with van der Waals surface area (Å²) in [4.78, 5) is 13.7. The van der Waals surface area contributed by atoms with Crippen molar-refractivity contribution in [3.63, 3.8) is 0 Å². The number of para-hydroxylation sites is 1. The van der Waals surface area contributed by atoms with E-state index in [1.54, 1.807) is 4.90 Å². The number of fused-ring (bicyclic) bond motifs is 1. The summed E-state index contributed by atoms with van der Waals surface area (Å²) >= 11 is 5.75. The fourth-order valence-electron chi connectivity index (χ4n) is 3.98. The van der Waals surface area contributed by atoms with Gasteiger partial charge in [0.05, 0.1) is 10.7 Å². The molecule has 0 bridgehead atoms. The van der Waals surface area contributed by atoms with Crippen molar-refractivity contribution >= 4 is 33.4 Å². The molecule has 9 heteroatoms. The molecule has 0 spiro atoms. The Morgan fingerprint density at radius 1 is 1.14 bits per heavy atom. The molecule has 2 aromatic carbocycles. The number of ether oxygens (including phenoxy) is 1. The molecular formula is C20H20ClFN2O4S. The van der Waals surface area contributed by atoms with Crippen LogP contribution >= 0.6 is 11.6 Å². The standard InChI is InChI=1S/C20H20ClFN2O4S/c1-13-4-2-5-14-12-28-20(25)24(19(13)14)15-8-10-23(11-9-15)29(26,27)17-7-3-6-16(21)18(17)22/h2-7,15H,8-12H2,1H3. The number of nitrogens with zero attached hydrogens (tertiary/aromatic N) is 2. The molecule has 0 saturated carbocycles. The zero-order chi connectivity index (χ0) is 20.8. The predicted octanol–water partition coefficient (Wildman–Crippen LogP) is 4.10. The molecule has 154 valence electrons. The summed E-state index contributed by atoms with van der Waals surface area (Å²) in [5.41, 5.74) is 2.74. The number of hydrogen-bond donors (Lipinski definition) is 0. The lowest BCUT2D eigenvalue weighted by Gasteiger charge is -2.40. The van der Waals surface area contributed by atoms with Crippen LogP contribution in [0.4, 0.5) is 14.9 Å². The zero-order valence-corrected chi connectivity index (χ0v) is 17.3. The van der Waals surface area contributed by atoms with E-state index in [2.05, 4.69) is 0 Å². The van der Waals surface area contributed by atoms with Crippen molar-refractivity contribution in [3.8, 4) is 0 Å². The fourth-order valence-corrected chi connectivity index (χ4v) is 5.76. The average molecular weight is 439 g/mol. The van der Waals surface area contributed by atoms with Crippen LogP contribution in [-0.4, -0.2) is 37.9 Å². The van der Waals surface area contributed by atoms with E-state index in [0.29, 0.717) is 12.8 Å². The number of anilines is 1. The van der Waals surface area contributed by atoms with Crippen LogP contribution in [0.25, 0.3) is 0 Å². The lowest BCUT2D eigenvalue weighted by atomic mass is 10.00. The molecule has 1 saturated heterocycles. The number of benzene rings is 2. The number of rotatable bonds is 3. The first kappa shape index (κ1) is 20.1. The van der Waals surface area contributed by atoms with E-state index in [0.717, 1.165) is 16.8 Å². The molecule has 0 N–H and O–H groups in total. The van der Waals surface area contributed by atoms with Crippen molar-refractivity contribution in [2.45, 2.75) is 37.3 Å². The first-order chi connectivity index (χ1) is 13.8. The SMILES string of the molecule is Cc1cccc2c1N(C1CCN(S(=O)(=O)c3cccc(Cl)c3F)CC1)C(=O)OC2. The zero-order valence-electron chi connectivity index (χ0n) is 15.8. The van der Waals surface area contributed by atoms with Crippen LogP contribution in [0.1, 0.15) is 24.0 Å². The minimum atomic E-state index is -4.01. The summed E-state index contributed by atoms with van der Waals surface area (Å²) in [5.74, 6) is -0.944. The second-order valence-corrected chi connectivity index (χ2v) is 9.51. The maximum absolute atomic E-state index is 14.3. The van der Waals surface area contributed by atoms with E-state index in [1.807, 2.05) is 25.1 Å². The fraction of sp³-hybridized carbons (Fsp3) is 0.350. The molecule has 2 aromatic rings. The molecule has 0 atom stereocenters. The van der Waals surface area contributed by atoms with Gasteiger partial charge in [0.1, 0.15) is 11.5 Å². The van der Waals surface area contributed by atoms with E-state index in [4.69, 9.17) is 16.3 Å². The minimum Gasteiger partial charge on any atom is -0.444 e. The maximum Gasteiger partial charge on any atom is 0.414 e. The number of carbonyl (C=O) groups is 1. The van der Waals surface area contributed by atoms with Gasteiger partial charge in [-0.05, 0) is 37.5 Å². The Morgan fingerprint density at radius 2 is 1.83 bits per heavy atom. The number of sulfonamides is 1. The summed E-state index contributed by atoms with van der Waals surface area (Å²) in [5, 5.41) is -0.232. The first-order valence-electron chi connectivity index (χ1n) is 9.29. The predicted molar refractivity (Wildman–Crippen MR) is 107 cm³/mol. The quantitative estimate of drug-likeness (QED) is 0.723. The Bertz CT molecular complexity index is 1070. The Hall–Kier alpha value is -2.16. The molecule has 0 unspecified atom stereocenters. The molecule has 0 aliphatic carbocycles. The van der Waals surface area contributed by atoms with Crippen molar-refractivity contribution in [3.05, 3.63) is 58.4 Å². The Morgan fingerprint density at radius 3 is 2.55 bits per heavy atom. The number of carbonyl (C=O) groups excluding carboxylic acids is 1. The summed E-state index contributed by atoms with van der Waals surface area (Å²) in [6.45, 7) is 2.51. The van der Waals surface area contributed by atoms with Crippen molar-refractivity contribution in [1.82, 2.24) is 4.31 Å².